The fourth-order valence-electron chi connectivity index (χ4n) is 2.48. The summed E-state index contributed by atoms with van der Waals surface area (Å²) in [6.45, 7) is 6.28. The predicted molar refractivity (Wildman–Crippen MR) is 61.7 cm³/mol. The van der Waals surface area contributed by atoms with E-state index >= 15 is 0 Å². The molecule has 3 heteroatoms. The zero-order chi connectivity index (χ0) is 10.8. The van der Waals surface area contributed by atoms with E-state index in [1.165, 1.54) is 12.8 Å². The van der Waals surface area contributed by atoms with Crippen molar-refractivity contribution in [3.63, 3.8) is 0 Å². The highest BCUT2D eigenvalue weighted by atomic mass is 16.5. The first-order chi connectivity index (χ1) is 7.20. The van der Waals surface area contributed by atoms with Gasteiger partial charge in [0.05, 0.1) is 12.2 Å². The van der Waals surface area contributed by atoms with Gasteiger partial charge in [0.15, 0.2) is 0 Å². The molecule has 1 aliphatic carbocycles. The van der Waals surface area contributed by atoms with Gasteiger partial charge in [0.2, 0.25) is 0 Å². The van der Waals surface area contributed by atoms with Gasteiger partial charge in [-0.2, -0.15) is 0 Å². The summed E-state index contributed by atoms with van der Waals surface area (Å²) in [4.78, 5) is 0. The highest BCUT2D eigenvalue weighted by molar-refractivity contribution is 4.89. The Morgan fingerprint density at radius 1 is 1.40 bits per heavy atom. The lowest BCUT2D eigenvalue weighted by molar-refractivity contribution is 0.0336. The molecule has 0 bridgehead atoms. The third kappa shape index (κ3) is 2.92. The Balaban J connectivity index is 1.72. The third-order valence-electron chi connectivity index (χ3n) is 3.89. The van der Waals surface area contributed by atoms with Crippen molar-refractivity contribution in [2.24, 2.45) is 17.6 Å². The van der Waals surface area contributed by atoms with Gasteiger partial charge < -0.3 is 15.8 Å². The highest BCUT2D eigenvalue weighted by Gasteiger charge is 2.34. The van der Waals surface area contributed by atoms with Crippen LogP contribution >= 0.6 is 0 Å². The molecule has 0 aromatic carbocycles. The molecule has 3 N–H and O–H groups in total. The molecule has 0 amide bonds. The molecular weight excluding hydrogens is 188 g/mol. The first-order valence-electron chi connectivity index (χ1n) is 6.29. The summed E-state index contributed by atoms with van der Waals surface area (Å²) in [7, 11) is 0. The van der Waals surface area contributed by atoms with E-state index in [2.05, 4.69) is 19.2 Å². The zero-order valence-electron chi connectivity index (χ0n) is 9.91. The summed E-state index contributed by atoms with van der Waals surface area (Å²) in [5.74, 6) is 1.80. The van der Waals surface area contributed by atoms with Crippen molar-refractivity contribution in [2.75, 3.05) is 13.1 Å². The fraction of sp³-hybridized carbons (Fsp3) is 1.00. The van der Waals surface area contributed by atoms with Crippen LogP contribution < -0.4 is 11.1 Å². The van der Waals surface area contributed by atoms with E-state index in [4.69, 9.17) is 10.5 Å². The number of hydrogen-bond donors (Lipinski definition) is 2. The Morgan fingerprint density at radius 3 is 2.60 bits per heavy atom. The third-order valence-corrected chi connectivity index (χ3v) is 3.89. The lowest BCUT2D eigenvalue weighted by atomic mass is 10.1. The van der Waals surface area contributed by atoms with Crippen molar-refractivity contribution in [3.05, 3.63) is 0 Å². The molecule has 2 rings (SSSR count). The smallest absolute Gasteiger partial charge is 0.0744 e. The number of nitrogens with two attached hydrogens (primary N) is 1. The second-order valence-electron chi connectivity index (χ2n) is 5.29. The van der Waals surface area contributed by atoms with Gasteiger partial charge in [0.1, 0.15) is 0 Å². The lowest BCUT2D eigenvalue weighted by Gasteiger charge is -2.23. The van der Waals surface area contributed by atoms with E-state index in [-0.39, 0.29) is 0 Å². The molecule has 0 aromatic heterocycles. The average molecular weight is 212 g/mol. The van der Waals surface area contributed by atoms with Gasteiger partial charge in [-0.05, 0) is 44.6 Å². The van der Waals surface area contributed by atoms with Crippen molar-refractivity contribution in [3.8, 4) is 0 Å². The van der Waals surface area contributed by atoms with E-state index in [1.807, 2.05) is 0 Å². The summed E-state index contributed by atoms with van der Waals surface area (Å²) in [5, 5.41) is 3.57. The SMILES string of the molecule is CC1CCC(C(CN)NCC2CC2C)O1. The summed E-state index contributed by atoms with van der Waals surface area (Å²) in [6, 6.07) is 0.364. The van der Waals surface area contributed by atoms with E-state index in [0.29, 0.717) is 24.8 Å². The number of ether oxygens (including phenoxy) is 1. The minimum atomic E-state index is 0.346. The Kier molecular flexibility index (Phi) is 3.65. The molecule has 2 aliphatic rings. The molecule has 1 saturated heterocycles. The van der Waals surface area contributed by atoms with Crippen LogP contribution in [0.5, 0.6) is 0 Å². The Hall–Kier alpha value is -0.120. The standard InChI is InChI=1S/C12H24N2O/c1-8-5-10(8)7-14-11(6-13)12-4-3-9(2)15-12/h8-12,14H,3-7,13H2,1-2H3. The molecule has 0 spiro atoms. The number of hydrogen-bond acceptors (Lipinski definition) is 3. The molecule has 1 heterocycles. The maximum Gasteiger partial charge on any atom is 0.0744 e. The molecular formula is C12H24N2O. The van der Waals surface area contributed by atoms with Crippen LogP contribution in [0.25, 0.3) is 0 Å². The molecule has 88 valence electrons. The number of nitrogens with one attached hydrogen (secondary N) is 1. The van der Waals surface area contributed by atoms with Crippen LogP contribution in [0.3, 0.4) is 0 Å². The Bertz CT molecular complexity index is 210. The van der Waals surface area contributed by atoms with Gasteiger partial charge in [-0.3, -0.25) is 0 Å². The first kappa shape index (κ1) is 11.4. The van der Waals surface area contributed by atoms with Gasteiger partial charge in [0, 0.05) is 12.6 Å². The minimum absolute atomic E-state index is 0.346. The monoisotopic (exact) mass is 212 g/mol. The van der Waals surface area contributed by atoms with Gasteiger partial charge in [-0.1, -0.05) is 6.92 Å². The molecule has 0 aromatic rings. The van der Waals surface area contributed by atoms with Crippen LogP contribution in [-0.2, 0) is 4.74 Å². The average Bonchev–Trinajstić information content (AvgIpc) is 2.73. The van der Waals surface area contributed by atoms with Gasteiger partial charge in [0.25, 0.3) is 0 Å². The lowest BCUT2D eigenvalue weighted by Crippen LogP contribution is -2.46. The van der Waals surface area contributed by atoms with Crippen LogP contribution in [0.15, 0.2) is 0 Å². The predicted octanol–water partition coefficient (Wildman–Crippen LogP) is 1.13. The van der Waals surface area contributed by atoms with Gasteiger partial charge in [-0.25, -0.2) is 0 Å². The fourth-order valence-corrected chi connectivity index (χ4v) is 2.48. The molecule has 1 aliphatic heterocycles. The van der Waals surface area contributed by atoms with E-state index in [1.54, 1.807) is 0 Å². The van der Waals surface area contributed by atoms with Gasteiger partial charge in [-0.15, -0.1) is 0 Å². The molecule has 5 atom stereocenters. The van der Waals surface area contributed by atoms with E-state index in [0.717, 1.165) is 24.8 Å². The normalized spacial score (nSPS) is 41.8. The second-order valence-corrected chi connectivity index (χ2v) is 5.29. The summed E-state index contributed by atoms with van der Waals surface area (Å²) in [5.41, 5.74) is 5.80. The van der Waals surface area contributed by atoms with Crippen molar-refractivity contribution in [2.45, 2.75) is 51.4 Å². The number of rotatable bonds is 5. The van der Waals surface area contributed by atoms with Crippen LogP contribution in [0.1, 0.15) is 33.1 Å². The van der Waals surface area contributed by atoms with Crippen LogP contribution in [0.4, 0.5) is 0 Å². The topological polar surface area (TPSA) is 47.3 Å². The highest BCUT2D eigenvalue weighted by Crippen LogP contribution is 2.37. The van der Waals surface area contributed by atoms with Crippen molar-refractivity contribution >= 4 is 0 Å². The summed E-state index contributed by atoms with van der Waals surface area (Å²) in [6.07, 6.45) is 4.50. The van der Waals surface area contributed by atoms with Crippen LogP contribution in [0.2, 0.25) is 0 Å². The van der Waals surface area contributed by atoms with Crippen LogP contribution in [-0.4, -0.2) is 31.3 Å². The second kappa shape index (κ2) is 4.81. The Morgan fingerprint density at radius 2 is 2.13 bits per heavy atom. The Labute approximate surface area is 92.7 Å². The molecule has 0 radical (unpaired) electrons. The van der Waals surface area contributed by atoms with Crippen molar-refractivity contribution in [1.82, 2.24) is 5.32 Å². The molecule has 5 unspecified atom stereocenters. The van der Waals surface area contributed by atoms with E-state index < -0.39 is 0 Å². The largest absolute Gasteiger partial charge is 0.374 e. The molecule has 2 fully saturated rings. The van der Waals surface area contributed by atoms with E-state index in [9.17, 15) is 0 Å². The zero-order valence-corrected chi connectivity index (χ0v) is 9.91. The first-order valence-corrected chi connectivity index (χ1v) is 6.29. The quantitative estimate of drug-likeness (QED) is 0.718. The molecule has 15 heavy (non-hydrogen) atoms. The summed E-state index contributed by atoms with van der Waals surface area (Å²) >= 11 is 0. The van der Waals surface area contributed by atoms with Gasteiger partial charge >= 0.3 is 0 Å². The summed E-state index contributed by atoms with van der Waals surface area (Å²) < 4.78 is 5.85. The van der Waals surface area contributed by atoms with Crippen molar-refractivity contribution in [1.29, 1.82) is 0 Å². The molecule has 3 nitrogen and oxygen atoms in total. The molecule has 1 saturated carbocycles. The van der Waals surface area contributed by atoms with Crippen molar-refractivity contribution < 1.29 is 4.74 Å². The maximum absolute atomic E-state index is 5.85. The van der Waals surface area contributed by atoms with Crippen LogP contribution in [0, 0.1) is 11.8 Å². The maximum atomic E-state index is 5.85. The minimum Gasteiger partial charge on any atom is -0.374 e.